The zero-order valence-corrected chi connectivity index (χ0v) is 10.9. The van der Waals surface area contributed by atoms with Crippen molar-refractivity contribution in [1.29, 1.82) is 0 Å². The number of rotatable bonds is 2. The molecule has 3 nitrogen and oxygen atoms in total. The summed E-state index contributed by atoms with van der Waals surface area (Å²) in [7, 11) is 0. The molecule has 0 radical (unpaired) electrons. The van der Waals surface area contributed by atoms with Gasteiger partial charge >= 0.3 is 0 Å². The average molecular weight is 244 g/mol. The molecule has 0 saturated carbocycles. The Morgan fingerprint density at radius 3 is 2.78 bits per heavy atom. The zero-order valence-electron chi connectivity index (χ0n) is 10.9. The molecule has 2 aliphatic rings. The van der Waals surface area contributed by atoms with Gasteiger partial charge in [-0.15, -0.1) is 0 Å². The Bertz CT molecular complexity index is 463. The number of anilines is 1. The molecule has 3 rings (SSSR count). The van der Waals surface area contributed by atoms with Gasteiger partial charge < -0.3 is 10.2 Å². The summed E-state index contributed by atoms with van der Waals surface area (Å²) in [4.78, 5) is 13.7. The lowest BCUT2D eigenvalue weighted by atomic mass is 9.75. The van der Waals surface area contributed by atoms with E-state index >= 15 is 0 Å². The number of ketones is 1. The molecule has 18 heavy (non-hydrogen) atoms. The predicted molar refractivity (Wildman–Crippen MR) is 73.1 cm³/mol. The summed E-state index contributed by atoms with van der Waals surface area (Å²) in [6.07, 6.45) is 2.36. The SMILES string of the molecule is CC(=O)CN1CC2(CCNCC2)c2ccccc21. The number of piperidine rings is 1. The smallest absolute Gasteiger partial charge is 0.149 e. The number of hydrogen-bond donors (Lipinski definition) is 1. The standard InChI is InChI=1S/C15H20N2O/c1-12(18)10-17-11-15(6-8-16-9-7-15)13-4-2-3-5-14(13)17/h2-5,16H,6-11H2,1H3. The molecule has 3 heteroatoms. The van der Waals surface area contributed by atoms with Gasteiger partial charge in [0.2, 0.25) is 0 Å². The van der Waals surface area contributed by atoms with Crippen LogP contribution in [0.1, 0.15) is 25.3 Å². The second-order valence-corrected chi connectivity index (χ2v) is 5.61. The predicted octanol–water partition coefficient (Wildman–Crippen LogP) is 1.72. The fraction of sp³-hybridized carbons (Fsp3) is 0.533. The highest BCUT2D eigenvalue weighted by molar-refractivity contribution is 5.82. The molecule has 1 fully saturated rings. The van der Waals surface area contributed by atoms with Gasteiger partial charge in [-0.25, -0.2) is 0 Å². The highest BCUT2D eigenvalue weighted by Crippen LogP contribution is 2.45. The number of fused-ring (bicyclic) bond motifs is 2. The Hall–Kier alpha value is -1.35. The maximum atomic E-state index is 11.4. The summed E-state index contributed by atoms with van der Waals surface area (Å²) < 4.78 is 0. The molecule has 1 spiro atoms. The van der Waals surface area contributed by atoms with E-state index in [1.54, 1.807) is 6.92 Å². The fourth-order valence-corrected chi connectivity index (χ4v) is 3.48. The third kappa shape index (κ3) is 1.83. The summed E-state index contributed by atoms with van der Waals surface area (Å²) in [6, 6.07) is 8.61. The van der Waals surface area contributed by atoms with Gasteiger partial charge in [-0.1, -0.05) is 18.2 Å². The zero-order chi connectivity index (χ0) is 12.6. The van der Waals surface area contributed by atoms with Gasteiger partial charge in [0.15, 0.2) is 0 Å². The minimum absolute atomic E-state index is 0.246. The topological polar surface area (TPSA) is 32.3 Å². The van der Waals surface area contributed by atoms with Crippen LogP contribution in [0.4, 0.5) is 5.69 Å². The number of para-hydroxylation sites is 1. The van der Waals surface area contributed by atoms with Crippen molar-refractivity contribution in [2.45, 2.75) is 25.2 Å². The second kappa shape index (κ2) is 4.39. The second-order valence-electron chi connectivity index (χ2n) is 5.61. The van der Waals surface area contributed by atoms with Crippen molar-refractivity contribution < 1.29 is 4.79 Å². The molecule has 0 aliphatic carbocycles. The van der Waals surface area contributed by atoms with Crippen LogP contribution in [0.3, 0.4) is 0 Å². The minimum atomic E-state index is 0.246. The van der Waals surface area contributed by atoms with Crippen LogP contribution in [0.2, 0.25) is 0 Å². The first-order valence-electron chi connectivity index (χ1n) is 6.76. The van der Waals surface area contributed by atoms with Crippen molar-refractivity contribution in [2.24, 2.45) is 0 Å². The lowest BCUT2D eigenvalue weighted by molar-refractivity contribution is -0.115. The lowest BCUT2D eigenvalue weighted by Gasteiger charge is -2.34. The van der Waals surface area contributed by atoms with Crippen molar-refractivity contribution in [3.05, 3.63) is 29.8 Å². The van der Waals surface area contributed by atoms with E-state index in [4.69, 9.17) is 0 Å². The van der Waals surface area contributed by atoms with Crippen molar-refractivity contribution in [1.82, 2.24) is 5.32 Å². The molecule has 1 aromatic carbocycles. The van der Waals surface area contributed by atoms with Gasteiger partial charge in [-0.3, -0.25) is 4.79 Å². The molecule has 96 valence electrons. The Morgan fingerprint density at radius 1 is 1.33 bits per heavy atom. The van der Waals surface area contributed by atoms with Crippen molar-refractivity contribution in [3.63, 3.8) is 0 Å². The molecule has 0 bridgehead atoms. The van der Waals surface area contributed by atoms with E-state index < -0.39 is 0 Å². The van der Waals surface area contributed by atoms with Crippen LogP contribution < -0.4 is 10.2 Å². The van der Waals surface area contributed by atoms with Crippen LogP contribution in [-0.4, -0.2) is 32.0 Å². The Balaban J connectivity index is 1.98. The van der Waals surface area contributed by atoms with Crippen molar-refractivity contribution in [3.8, 4) is 0 Å². The summed E-state index contributed by atoms with van der Waals surface area (Å²) in [6.45, 7) is 5.40. The molecule has 0 aromatic heterocycles. The highest BCUT2D eigenvalue weighted by atomic mass is 16.1. The maximum Gasteiger partial charge on any atom is 0.149 e. The number of carbonyl (C=O) groups is 1. The minimum Gasteiger partial charge on any atom is -0.363 e. The van der Waals surface area contributed by atoms with Gasteiger partial charge in [0.1, 0.15) is 5.78 Å². The van der Waals surface area contributed by atoms with Gasteiger partial charge in [0.05, 0.1) is 6.54 Å². The van der Waals surface area contributed by atoms with Crippen molar-refractivity contribution in [2.75, 3.05) is 31.1 Å². The van der Waals surface area contributed by atoms with Gasteiger partial charge in [0, 0.05) is 17.6 Å². The van der Waals surface area contributed by atoms with Gasteiger partial charge in [-0.05, 0) is 44.5 Å². The Morgan fingerprint density at radius 2 is 2.06 bits per heavy atom. The molecule has 1 saturated heterocycles. The van der Waals surface area contributed by atoms with Crippen LogP contribution in [0.25, 0.3) is 0 Å². The first-order chi connectivity index (χ1) is 8.71. The van der Waals surface area contributed by atoms with Crippen molar-refractivity contribution >= 4 is 11.5 Å². The van der Waals surface area contributed by atoms with Crippen LogP contribution in [0.5, 0.6) is 0 Å². The van der Waals surface area contributed by atoms with E-state index in [2.05, 4.69) is 34.5 Å². The van der Waals surface area contributed by atoms with E-state index in [0.29, 0.717) is 6.54 Å². The molecule has 1 aromatic rings. The van der Waals surface area contributed by atoms with E-state index in [1.807, 2.05) is 0 Å². The van der Waals surface area contributed by atoms with E-state index in [9.17, 15) is 4.79 Å². The normalized spacial score (nSPS) is 21.1. The molecule has 1 N–H and O–H groups in total. The molecular formula is C15H20N2O. The summed E-state index contributed by atoms with van der Waals surface area (Å²) in [5, 5.41) is 3.44. The number of nitrogens with zero attached hydrogens (tertiary/aromatic N) is 1. The Labute approximate surface area is 108 Å². The lowest BCUT2D eigenvalue weighted by Crippen LogP contribution is -2.43. The van der Waals surface area contributed by atoms with Crippen LogP contribution >= 0.6 is 0 Å². The number of carbonyl (C=O) groups excluding carboxylic acids is 1. The average Bonchev–Trinajstić information content (AvgIpc) is 2.65. The maximum absolute atomic E-state index is 11.4. The van der Waals surface area contributed by atoms with Crippen LogP contribution in [-0.2, 0) is 10.2 Å². The molecule has 0 amide bonds. The van der Waals surface area contributed by atoms with Gasteiger partial charge in [0.25, 0.3) is 0 Å². The molecule has 2 heterocycles. The van der Waals surface area contributed by atoms with E-state index in [1.165, 1.54) is 24.1 Å². The van der Waals surface area contributed by atoms with E-state index in [-0.39, 0.29) is 11.2 Å². The highest BCUT2D eigenvalue weighted by Gasteiger charge is 2.43. The van der Waals surface area contributed by atoms with Crippen LogP contribution in [0.15, 0.2) is 24.3 Å². The molecule has 0 atom stereocenters. The number of benzene rings is 1. The summed E-state index contributed by atoms with van der Waals surface area (Å²) in [5.74, 6) is 0.246. The summed E-state index contributed by atoms with van der Waals surface area (Å²) >= 11 is 0. The first kappa shape index (κ1) is 11.7. The Kier molecular flexibility index (Phi) is 2.86. The molecule has 0 unspecified atom stereocenters. The largest absolute Gasteiger partial charge is 0.363 e. The molecular weight excluding hydrogens is 224 g/mol. The quantitative estimate of drug-likeness (QED) is 0.859. The number of Topliss-reactive ketones (excluding diaryl/α,β-unsaturated/α-hetero) is 1. The number of nitrogens with one attached hydrogen (secondary N) is 1. The van der Waals surface area contributed by atoms with E-state index in [0.717, 1.165) is 19.6 Å². The monoisotopic (exact) mass is 244 g/mol. The third-order valence-electron chi connectivity index (χ3n) is 4.28. The summed E-state index contributed by atoms with van der Waals surface area (Å²) in [5.41, 5.74) is 3.00. The molecule has 2 aliphatic heterocycles. The van der Waals surface area contributed by atoms with Crippen LogP contribution in [0, 0.1) is 0 Å². The van der Waals surface area contributed by atoms with Gasteiger partial charge in [-0.2, -0.15) is 0 Å². The fourth-order valence-electron chi connectivity index (χ4n) is 3.48. The first-order valence-corrected chi connectivity index (χ1v) is 6.76. The number of hydrogen-bond acceptors (Lipinski definition) is 3. The third-order valence-corrected chi connectivity index (χ3v) is 4.28.